The minimum absolute atomic E-state index is 0.187. The fraction of sp³-hybridized carbons (Fsp3) is 0.100. The molecule has 8 heteroatoms. The minimum Gasteiger partial charge on any atom is -0.477 e. The van der Waals surface area contributed by atoms with Gasteiger partial charge in [0, 0.05) is 30.9 Å². The highest BCUT2D eigenvalue weighted by Gasteiger charge is 2.16. The molecule has 0 unspecified atom stereocenters. The number of anilines is 1. The van der Waals surface area contributed by atoms with Crippen molar-refractivity contribution in [1.29, 1.82) is 0 Å². The number of fused-ring (bicyclic) bond motifs is 1. The van der Waals surface area contributed by atoms with Crippen LogP contribution in [-0.2, 0) is 13.6 Å². The van der Waals surface area contributed by atoms with Crippen LogP contribution in [0.15, 0.2) is 60.9 Å². The molecule has 0 aliphatic heterocycles. The summed E-state index contributed by atoms with van der Waals surface area (Å²) in [4.78, 5) is 24.2. The Labute approximate surface area is 160 Å². The van der Waals surface area contributed by atoms with E-state index in [2.05, 4.69) is 20.3 Å². The van der Waals surface area contributed by atoms with Crippen LogP contribution in [0.1, 0.15) is 16.2 Å². The smallest absolute Gasteiger partial charge is 0.352 e. The SMILES string of the molecule is Cn1c(C(=O)O)cc2cccc(Oc3ccnc(NCc4ccccn4)n3)c21. The average Bonchev–Trinajstić information content (AvgIpc) is 3.05. The number of nitrogens with one attached hydrogen (secondary N) is 1. The summed E-state index contributed by atoms with van der Waals surface area (Å²) >= 11 is 0. The summed E-state index contributed by atoms with van der Waals surface area (Å²) in [5, 5.41) is 13.2. The van der Waals surface area contributed by atoms with Crippen molar-refractivity contribution in [1.82, 2.24) is 19.5 Å². The molecule has 1 aromatic carbocycles. The number of pyridine rings is 1. The number of aromatic nitrogens is 4. The first-order chi connectivity index (χ1) is 13.6. The van der Waals surface area contributed by atoms with Crippen LogP contribution in [-0.4, -0.2) is 30.6 Å². The van der Waals surface area contributed by atoms with E-state index in [9.17, 15) is 9.90 Å². The van der Waals surface area contributed by atoms with Gasteiger partial charge in [0.15, 0.2) is 5.75 Å². The number of carboxylic acid groups (broad SMARTS) is 1. The van der Waals surface area contributed by atoms with Crippen molar-refractivity contribution in [3.63, 3.8) is 0 Å². The second-order valence-corrected chi connectivity index (χ2v) is 6.08. The average molecular weight is 375 g/mol. The zero-order valence-corrected chi connectivity index (χ0v) is 15.0. The first-order valence-electron chi connectivity index (χ1n) is 8.58. The van der Waals surface area contributed by atoms with Gasteiger partial charge in [0.05, 0.1) is 17.8 Å². The van der Waals surface area contributed by atoms with Crippen molar-refractivity contribution in [3.8, 4) is 11.6 Å². The van der Waals surface area contributed by atoms with Gasteiger partial charge in [-0.3, -0.25) is 4.98 Å². The Kier molecular flexibility index (Phi) is 4.59. The van der Waals surface area contributed by atoms with Crippen molar-refractivity contribution >= 4 is 22.8 Å². The van der Waals surface area contributed by atoms with Crippen LogP contribution < -0.4 is 10.1 Å². The second kappa shape index (κ2) is 7.36. The summed E-state index contributed by atoms with van der Waals surface area (Å²) in [6.07, 6.45) is 3.32. The molecule has 0 aliphatic carbocycles. The third-order valence-electron chi connectivity index (χ3n) is 4.24. The molecular weight excluding hydrogens is 358 g/mol. The van der Waals surface area contributed by atoms with Crippen LogP contribution in [0.3, 0.4) is 0 Å². The molecule has 0 bridgehead atoms. The van der Waals surface area contributed by atoms with Crippen LogP contribution in [0.5, 0.6) is 11.6 Å². The van der Waals surface area contributed by atoms with Crippen LogP contribution in [0, 0.1) is 0 Å². The van der Waals surface area contributed by atoms with Gasteiger partial charge in [-0.05, 0) is 24.3 Å². The van der Waals surface area contributed by atoms with Crippen molar-refractivity contribution in [2.75, 3.05) is 5.32 Å². The molecule has 0 aliphatic rings. The molecular formula is C20H17N5O3. The van der Waals surface area contributed by atoms with Gasteiger partial charge in [0.1, 0.15) is 5.69 Å². The van der Waals surface area contributed by atoms with Crippen molar-refractivity contribution in [2.45, 2.75) is 6.54 Å². The van der Waals surface area contributed by atoms with Gasteiger partial charge in [0.2, 0.25) is 11.8 Å². The summed E-state index contributed by atoms with van der Waals surface area (Å²) < 4.78 is 7.53. The molecule has 0 fully saturated rings. The zero-order chi connectivity index (χ0) is 19.5. The predicted molar refractivity (Wildman–Crippen MR) is 104 cm³/mol. The largest absolute Gasteiger partial charge is 0.477 e. The molecule has 0 saturated heterocycles. The highest BCUT2D eigenvalue weighted by Crippen LogP contribution is 2.31. The molecule has 2 N–H and O–H groups in total. The lowest BCUT2D eigenvalue weighted by Crippen LogP contribution is -2.05. The van der Waals surface area contributed by atoms with E-state index in [0.717, 1.165) is 11.1 Å². The van der Waals surface area contributed by atoms with Crippen LogP contribution in [0.4, 0.5) is 5.95 Å². The lowest BCUT2D eigenvalue weighted by Gasteiger charge is -2.10. The van der Waals surface area contributed by atoms with E-state index < -0.39 is 5.97 Å². The summed E-state index contributed by atoms with van der Waals surface area (Å²) in [5.41, 5.74) is 1.74. The maximum atomic E-state index is 11.4. The molecule has 3 heterocycles. The third-order valence-corrected chi connectivity index (χ3v) is 4.24. The molecule has 8 nitrogen and oxygen atoms in total. The molecule has 0 amide bonds. The number of benzene rings is 1. The number of hydrogen-bond acceptors (Lipinski definition) is 6. The van der Waals surface area contributed by atoms with E-state index >= 15 is 0 Å². The number of nitrogens with zero attached hydrogens (tertiary/aromatic N) is 4. The Morgan fingerprint density at radius 2 is 2.04 bits per heavy atom. The molecule has 4 rings (SSSR count). The van der Waals surface area contributed by atoms with Crippen LogP contribution >= 0.6 is 0 Å². The second-order valence-electron chi connectivity index (χ2n) is 6.08. The normalized spacial score (nSPS) is 10.8. The molecule has 140 valence electrons. The number of carboxylic acids is 1. The van der Waals surface area contributed by atoms with Gasteiger partial charge in [-0.15, -0.1) is 0 Å². The Morgan fingerprint density at radius 3 is 2.82 bits per heavy atom. The molecule has 0 spiro atoms. The lowest BCUT2D eigenvalue weighted by molar-refractivity contribution is 0.0687. The van der Waals surface area contributed by atoms with E-state index in [0.29, 0.717) is 29.6 Å². The Morgan fingerprint density at radius 1 is 1.14 bits per heavy atom. The fourth-order valence-corrected chi connectivity index (χ4v) is 2.94. The number of aromatic carboxylic acids is 1. The third kappa shape index (κ3) is 3.48. The van der Waals surface area contributed by atoms with Gasteiger partial charge < -0.3 is 19.7 Å². The maximum Gasteiger partial charge on any atom is 0.352 e. The standard InChI is InChI=1S/C20H17N5O3/c1-25-15(19(26)27)11-13-5-4-7-16(18(13)25)28-17-8-10-22-20(24-17)23-12-14-6-2-3-9-21-14/h2-11H,12H2,1H3,(H,26,27)(H,22,23,24). The van der Waals surface area contributed by atoms with E-state index in [1.165, 1.54) is 0 Å². The van der Waals surface area contributed by atoms with Crippen molar-refractivity contribution < 1.29 is 14.6 Å². The number of hydrogen-bond donors (Lipinski definition) is 2. The van der Waals surface area contributed by atoms with Crippen LogP contribution in [0.25, 0.3) is 10.9 Å². The topological polar surface area (TPSA) is 102 Å². The van der Waals surface area contributed by atoms with E-state index in [-0.39, 0.29) is 5.69 Å². The van der Waals surface area contributed by atoms with Gasteiger partial charge in [-0.1, -0.05) is 18.2 Å². The predicted octanol–water partition coefficient (Wildman–Crippen LogP) is 3.47. The highest BCUT2D eigenvalue weighted by molar-refractivity contribution is 5.96. The Bertz CT molecular complexity index is 1140. The molecule has 0 radical (unpaired) electrons. The lowest BCUT2D eigenvalue weighted by atomic mass is 10.2. The highest BCUT2D eigenvalue weighted by atomic mass is 16.5. The molecule has 4 aromatic rings. The first kappa shape index (κ1) is 17.5. The summed E-state index contributed by atoms with van der Waals surface area (Å²) in [7, 11) is 1.69. The number of carbonyl (C=O) groups is 1. The van der Waals surface area contributed by atoms with E-state index in [1.54, 1.807) is 42.2 Å². The monoisotopic (exact) mass is 375 g/mol. The number of para-hydroxylation sites is 1. The number of rotatable bonds is 6. The Balaban J connectivity index is 1.59. The van der Waals surface area contributed by atoms with E-state index in [4.69, 9.17) is 4.74 Å². The summed E-state index contributed by atoms with van der Waals surface area (Å²) in [5.74, 6) is 0.284. The zero-order valence-electron chi connectivity index (χ0n) is 15.0. The Hall–Kier alpha value is -3.94. The van der Waals surface area contributed by atoms with Gasteiger partial charge in [0.25, 0.3) is 0 Å². The van der Waals surface area contributed by atoms with E-state index in [1.807, 2.05) is 30.3 Å². The molecule has 3 aromatic heterocycles. The fourth-order valence-electron chi connectivity index (χ4n) is 2.94. The number of aryl methyl sites for hydroxylation is 1. The first-order valence-corrected chi connectivity index (χ1v) is 8.58. The molecule has 28 heavy (non-hydrogen) atoms. The minimum atomic E-state index is -0.993. The molecule has 0 atom stereocenters. The van der Waals surface area contributed by atoms with Gasteiger partial charge in [-0.25, -0.2) is 9.78 Å². The van der Waals surface area contributed by atoms with Crippen molar-refractivity contribution in [3.05, 3.63) is 72.3 Å². The quantitative estimate of drug-likeness (QED) is 0.532. The number of ether oxygens (including phenoxy) is 1. The summed E-state index contributed by atoms with van der Waals surface area (Å²) in [6.45, 7) is 0.486. The van der Waals surface area contributed by atoms with Gasteiger partial charge in [-0.2, -0.15) is 4.98 Å². The molecule has 0 saturated carbocycles. The van der Waals surface area contributed by atoms with Gasteiger partial charge >= 0.3 is 5.97 Å². The summed E-state index contributed by atoms with van der Waals surface area (Å²) in [6, 6.07) is 14.4. The maximum absolute atomic E-state index is 11.4. The van der Waals surface area contributed by atoms with Crippen molar-refractivity contribution in [2.24, 2.45) is 7.05 Å². The van der Waals surface area contributed by atoms with Crippen LogP contribution in [0.2, 0.25) is 0 Å².